The largest absolute Gasteiger partial charge is 0.459 e. The third-order valence-electron chi connectivity index (χ3n) is 11.1. The van der Waals surface area contributed by atoms with Gasteiger partial charge in [-0.2, -0.15) is 0 Å². The van der Waals surface area contributed by atoms with E-state index in [1.807, 2.05) is 42.5 Å². The molecule has 1 aromatic heterocycles. The number of hydrogen-bond acceptors (Lipinski definition) is 8. The van der Waals surface area contributed by atoms with E-state index in [0.29, 0.717) is 61.3 Å². The Labute approximate surface area is 367 Å². The number of anilines is 2. The summed E-state index contributed by atoms with van der Waals surface area (Å²) in [6.07, 6.45) is 2.16. The summed E-state index contributed by atoms with van der Waals surface area (Å²) in [5, 5.41) is 6.80. The van der Waals surface area contributed by atoms with Crippen LogP contribution in [0.15, 0.2) is 109 Å². The molecule has 0 aliphatic carbocycles. The molecular formula is C50H55N5O8. The lowest BCUT2D eigenvalue weighted by atomic mass is 9.96. The Hall–Kier alpha value is -6.76. The van der Waals surface area contributed by atoms with E-state index in [1.165, 1.54) is 9.80 Å². The number of amides is 4. The fraction of sp³-hybridized carbons (Fsp3) is 0.360. The van der Waals surface area contributed by atoms with Crippen LogP contribution in [0.5, 0.6) is 0 Å². The molecule has 2 saturated heterocycles. The smallest absolute Gasteiger partial charge is 0.323 e. The second kappa shape index (κ2) is 18.3. The number of benzene rings is 4. The summed E-state index contributed by atoms with van der Waals surface area (Å²) in [5.41, 5.74) is 3.04. The molecule has 4 amide bonds. The molecule has 2 aliphatic heterocycles. The van der Waals surface area contributed by atoms with Gasteiger partial charge in [0.1, 0.15) is 23.3 Å². The molecule has 0 unspecified atom stereocenters. The molecular weight excluding hydrogens is 799 g/mol. The molecule has 3 heterocycles. The second-order valence-corrected chi connectivity index (χ2v) is 18.2. The first-order valence-corrected chi connectivity index (χ1v) is 21.5. The van der Waals surface area contributed by atoms with Crippen LogP contribution >= 0.6 is 0 Å². The highest BCUT2D eigenvalue weighted by atomic mass is 16.6. The van der Waals surface area contributed by atoms with Crippen molar-refractivity contribution in [2.75, 3.05) is 23.7 Å². The number of nitrogens with zero attached hydrogens (tertiary/aromatic N) is 2. The van der Waals surface area contributed by atoms with Crippen LogP contribution in [0.2, 0.25) is 0 Å². The molecule has 0 bridgehead atoms. The van der Waals surface area contributed by atoms with Gasteiger partial charge in [-0.15, -0.1) is 0 Å². The van der Waals surface area contributed by atoms with Crippen molar-refractivity contribution in [2.24, 2.45) is 0 Å². The lowest BCUT2D eigenvalue weighted by Crippen LogP contribution is -2.47. The molecule has 7 rings (SSSR count). The van der Waals surface area contributed by atoms with E-state index >= 15 is 0 Å². The van der Waals surface area contributed by atoms with Crippen LogP contribution in [0.25, 0.3) is 22.2 Å². The van der Waals surface area contributed by atoms with Gasteiger partial charge in [-0.3, -0.25) is 28.8 Å². The van der Waals surface area contributed by atoms with E-state index in [0.717, 1.165) is 22.2 Å². The van der Waals surface area contributed by atoms with Crippen LogP contribution < -0.4 is 10.6 Å². The maximum Gasteiger partial charge on any atom is 0.323 e. The highest BCUT2D eigenvalue weighted by Crippen LogP contribution is 2.32. The predicted octanol–water partition coefficient (Wildman–Crippen LogP) is 7.94. The van der Waals surface area contributed by atoms with Crippen molar-refractivity contribution in [2.45, 2.75) is 102 Å². The monoisotopic (exact) mass is 853 g/mol. The van der Waals surface area contributed by atoms with Gasteiger partial charge in [0.2, 0.25) is 23.6 Å². The molecule has 13 heteroatoms. The summed E-state index contributed by atoms with van der Waals surface area (Å²) < 4.78 is 11.3. The highest BCUT2D eigenvalue weighted by Gasteiger charge is 2.43. The molecule has 2 aliphatic rings. The Kier molecular flexibility index (Phi) is 12.9. The summed E-state index contributed by atoms with van der Waals surface area (Å²) in [6, 6.07) is 30.9. The molecule has 0 saturated carbocycles. The third kappa shape index (κ3) is 10.5. The normalized spacial score (nSPS) is 17.5. The molecule has 63 heavy (non-hydrogen) atoms. The maximum absolute atomic E-state index is 14.0. The molecule has 4 aromatic carbocycles. The van der Waals surface area contributed by atoms with E-state index in [9.17, 15) is 28.8 Å². The highest BCUT2D eigenvalue weighted by molar-refractivity contribution is 6.07. The molecule has 5 aromatic rings. The molecule has 4 atom stereocenters. The first kappa shape index (κ1) is 44.3. The number of carbonyl (C=O) groups is 6. The Morgan fingerprint density at radius 1 is 0.587 bits per heavy atom. The van der Waals surface area contributed by atoms with Crippen LogP contribution in [0.3, 0.4) is 0 Å². The molecule has 3 N–H and O–H groups in total. The number of carbonyl (C=O) groups excluding carboxylic acids is 6. The zero-order valence-corrected chi connectivity index (χ0v) is 36.6. The standard InChI is InChI=1S/C50H55N5O8/c1-49(2,3)62-47(60)41(32-15-9-7-10-16-32)45(58)54-27-13-19-39(54)43(56)51-35-23-21-31(22-24-35)38-30-34-29-36(25-26-37(34)53-38)52-44(57)40-20-14-28-55(40)46(59)42(33-17-11-8-12-18-33)48(61)63-50(4,5)6/h7-12,15-18,21-26,29-30,39-42,53H,13-14,19-20,27-28H2,1-6H3,(H,51,56)(H,52,57)/t39-,40-,41+,42+/m0/s1. The van der Waals surface area contributed by atoms with Crippen molar-refractivity contribution in [1.29, 1.82) is 0 Å². The van der Waals surface area contributed by atoms with Gasteiger partial charge in [-0.1, -0.05) is 72.8 Å². The summed E-state index contributed by atoms with van der Waals surface area (Å²) in [6.45, 7) is 11.2. The van der Waals surface area contributed by atoms with Crippen LogP contribution in [-0.4, -0.2) is 86.7 Å². The minimum atomic E-state index is -1.20. The molecule has 328 valence electrons. The molecule has 13 nitrogen and oxygen atoms in total. The summed E-state index contributed by atoms with van der Waals surface area (Å²) in [5.74, 6) is -5.31. The van der Waals surface area contributed by atoms with Gasteiger partial charge in [0.25, 0.3) is 0 Å². The number of esters is 2. The van der Waals surface area contributed by atoms with Gasteiger partial charge in [0.05, 0.1) is 0 Å². The van der Waals surface area contributed by atoms with E-state index in [4.69, 9.17) is 9.47 Å². The average molecular weight is 854 g/mol. The van der Waals surface area contributed by atoms with Crippen molar-refractivity contribution in [3.8, 4) is 11.3 Å². The minimum Gasteiger partial charge on any atom is -0.459 e. The first-order valence-electron chi connectivity index (χ1n) is 21.5. The molecule has 2 fully saturated rings. The zero-order chi connectivity index (χ0) is 45.1. The quantitative estimate of drug-likeness (QED) is 0.0890. The number of ether oxygens (including phenoxy) is 2. The minimum absolute atomic E-state index is 0.339. The topological polar surface area (TPSA) is 167 Å². The van der Waals surface area contributed by atoms with Crippen molar-refractivity contribution in [3.05, 3.63) is 120 Å². The number of nitrogens with one attached hydrogen (secondary N) is 3. The number of H-pyrrole nitrogens is 1. The third-order valence-corrected chi connectivity index (χ3v) is 11.1. The summed E-state index contributed by atoms with van der Waals surface area (Å²) >= 11 is 0. The van der Waals surface area contributed by atoms with Gasteiger partial charge >= 0.3 is 11.9 Å². The summed E-state index contributed by atoms with van der Waals surface area (Å²) in [4.78, 5) is 88.6. The van der Waals surface area contributed by atoms with Crippen LogP contribution in [-0.2, 0) is 38.2 Å². The number of rotatable bonds is 11. The van der Waals surface area contributed by atoms with Crippen molar-refractivity contribution < 1.29 is 38.2 Å². The van der Waals surface area contributed by atoms with Gasteiger partial charge in [-0.05, 0) is 120 Å². The fourth-order valence-electron chi connectivity index (χ4n) is 8.26. The average Bonchev–Trinajstić information content (AvgIpc) is 4.01. The van der Waals surface area contributed by atoms with Crippen molar-refractivity contribution >= 4 is 57.8 Å². The molecule has 0 radical (unpaired) electrons. The zero-order valence-electron chi connectivity index (χ0n) is 36.6. The Morgan fingerprint density at radius 3 is 1.49 bits per heavy atom. The number of aromatic amines is 1. The second-order valence-electron chi connectivity index (χ2n) is 18.2. The van der Waals surface area contributed by atoms with E-state index in [2.05, 4.69) is 15.6 Å². The van der Waals surface area contributed by atoms with E-state index in [-0.39, 0.29) is 11.8 Å². The van der Waals surface area contributed by atoms with E-state index in [1.54, 1.807) is 108 Å². The SMILES string of the molecule is CC(C)(C)OC(=O)[C@@H](C(=O)N1CCC[C@H]1C(=O)Nc1ccc(-c2cc3cc(NC(=O)[C@@H]4CCCN4C(=O)[C@H](C(=O)OC(C)(C)C)c4ccccc4)ccc3[nH]2)cc1)c1ccccc1. The number of hydrogen-bond donors (Lipinski definition) is 3. The molecule has 0 spiro atoms. The first-order chi connectivity index (χ1) is 30.0. The number of likely N-dealkylation sites (tertiary alicyclic amines) is 2. The Balaban J connectivity index is 1.00. The number of aromatic nitrogens is 1. The Morgan fingerprint density at radius 2 is 1.03 bits per heavy atom. The van der Waals surface area contributed by atoms with E-state index < -0.39 is 58.9 Å². The van der Waals surface area contributed by atoms with Crippen LogP contribution in [0.4, 0.5) is 11.4 Å². The maximum atomic E-state index is 14.0. The summed E-state index contributed by atoms with van der Waals surface area (Å²) in [7, 11) is 0. The van der Waals surface area contributed by atoms with Gasteiger partial charge in [-0.25, -0.2) is 0 Å². The van der Waals surface area contributed by atoms with Gasteiger partial charge in [0.15, 0.2) is 11.8 Å². The van der Waals surface area contributed by atoms with Gasteiger partial charge in [0, 0.05) is 41.1 Å². The van der Waals surface area contributed by atoms with Crippen molar-refractivity contribution in [3.63, 3.8) is 0 Å². The van der Waals surface area contributed by atoms with Gasteiger partial charge < -0.3 is 34.9 Å². The lowest BCUT2D eigenvalue weighted by molar-refractivity contribution is -0.163. The van der Waals surface area contributed by atoms with Crippen LogP contribution in [0.1, 0.15) is 90.2 Å². The Bertz CT molecular complexity index is 2490. The van der Waals surface area contributed by atoms with Crippen LogP contribution in [0, 0.1) is 0 Å². The predicted molar refractivity (Wildman–Crippen MR) is 241 cm³/mol. The lowest BCUT2D eigenvalue weighted by Gasteiger charge is -2.29. The van der Waals surface area contributed by atoms with Crippen molar-refractivity contribution in [1.82, 2.24) is 14.8 Å². The fourth-order valence-corrected chi connectivity index (χ4v) is 8.26. The number of fused-ring (bicyclic) bond motifs is 1.